The van der Waals surface area contributed by atoms with Gasteiger partial charge < -0.3 is 4.74 Å². The summed E-state index contributed by atoms with van der Waals surface area (Å²) in [7, 11) is -3.54. The molecular weight excluding hydrogens is 206 g/mol. The lowest BCUT2D eigenvalue weighted by atomic mass is 10.3. The van der Waals surface area contributed by atoms with Crippen molar-refractivity contribution in [3.8, 4) is 12.3 Å². The Morgan fingerprint density at radius 3 is 2.50 bits per heavy atom. The van der Waals surface area contributed by atoms with Crippen LogP contribution in [0.4, 0.5) is 4.79 Å². The van der Waals surface area contributed by atoms with Crippen LogP contribution in [0.5, 0.6) is 0 Å². The Bertz CT molecular complexity index is 394. The number of rotatable bonds is 2. The van der Waals surface area contributed by atoms with Gasteiger partial charge in [-0.2, -0.15) is 0 Å². The van der Waals surface area contributed by atoms with Gasteiger partial charge in [-0.15, -0.1) is 6.42 Å². The third-order valence-corrected chi connectivity index (χ3v) is 4.05. The first-order valence-corrected chi connectivity index (χ1v) is 5.84. The zero-order valence-corrected chi connectivity index (χ0v) is 8.80. The molecule has 1 aliphatic rings. The van der Waals surface area contributed by atoms with E-state index < -0.39 is 20.8 Å². The number of amides is 1. The van der Waals surface area contributed by atoms with Gasteiger partial charge in [0, 0.05) is 6.26 Å². The van der Waals surface area contributed by atoms with E-state index in [9.17, 15) is 13.2 Å². The number of hydrogen-bond donors (Lipinski definition) is 0. The average molecular weight is 217 g/mol. The molecule has 0 aromatic rings. The Labute approximate surface area is 82.9 Å². The smallest absolute Gasteiger partial charge is 0.411 e. The first-order valence-electron chi connectivity index (χ1n) is 3.94. The molecule has 1 fully saturated rings. The van der Waals surface area contributed by atoms with E-state index in [4.69, 9.17) is 6.42 Å². The lowest BCUT2D eigenvalue weighted by Crippen LogP contribution is -2.51. The maximum Gasteiger partial charge on any atom is 0.411 e. The second-order valence-corrected chi connectivity index (χ2v) is 5.50. The maximum absolute atomic E-state index is 11.4. The normalized spacial score (nSPS) is 21.2. The molecule has 1 heterocycles. The summed E-state index contributed by atoms with van der Waals surface area (Å²) in [5.74, 6) is 2.13. The quantitative estimate of drug-likeness (QED) is 0.602. The monoisotopic (exact) mass is 217 g/mol. The van der Waals surface area contributed by atoms with Crippen molar-refractivity contribution >= 4 is 15.9 Å². The molecule has 0 bridgehead atoms. The van der Waals surface area contributed by atoms with Crippen molar-refractivity contribution in [2.24, 2.45) is 0 Å². The predicted octanol–water partition coefficient (Wildman–Crippen LogP) is -0.167. The second-order valence-electron chi connectivity index (χ2n) is 3.17. The van der Waals surface area contributed by atoms with Crippen molar-refractivity contribution in [3.63, 3.8) is 0 Å². The van der Waals surface area contributed by atoms with Gasteiger partial charge >= 0.3 is 6.09 Å². The summed E-state index contributed by atoms with van der Waals surface area (Å²) in [6.07, 6.45) is 5.47. The zero-order chi connectivity index (χ0) is 11.0. The van der Waals surface area contributed by atoms with E-state index in [1.165, 1.54) is 6.92 Å². The molecular formula is C8H11NO4S. The number of hydrogen-bond acceptors (Lipinski definition) is 4. The molecule has 5 nitrogen and oxygen atoms in total. The highest BCUT2D eigenvalue weighted by Gasteiger charge is 2.45. The van der Waals surface area contributed by atoms with Crippen LogP contribution in [0, 0.1) is 12.3 Å². The molecule has 0 aromatic heterocycles. The Morgan fingerprint density at radius 2 is 2.21 bits per heavy atom. The molecule has 0 radical (unpaired) electrons. The number of carbonyl (C=O) groups excluding carboxylic acids is 1. The van der Waals surface area contributed by atoms with E-state index in [2.05, 4.69) is 10.7 Å². The molecule has 6 heteroatoms. The van der Waals surface area contributed by atoms with Crippen molar-refractivity contribution in [3.05, 3.63) is 0 Å². The summed E-state index contributed by atoms with van der Waals surface area (Å²) in [6.45, 7) is 1.69. The predicted molar refractivity (Wildman–Crippen MR) is 50.1 cm³/mol. The Hall–Kier alpha value is -1.22. The molecule has 0 N–H and O–H groups in total. The molecule has 0 saturated carbocycles. The summed E-state index contributed by atoms with van der Waals surface area (Å²) in [4.78, 5) is 10.6. The largest absolute Gasteiger partial charge is 0.447 e. The van der Waals surface area contributed by atoms with Crippen LogP contribution in [0.25, 0.3) is 0 Å². The number of terminal acetylenes is 1. The number of cyclic esters (lactones) is 1. The Morgan fingerprint density at radius 1 is 1.64 bits per heavy atom. The molecule has 1 atom stereocenters. The van der Waals surface area contributed by atoms with Gasteiger partial charge in [-0.05, 0) is 6.92 Å². The summed E-state index contributed by atoms with van der Waals surface area (Å²) in [5, 5.41) is 0. The van der Waals surface area contributed by atoms with E-state index in [1.807, 2.05) is 0 Å². The maximum atomic E-state index is 11.4. The van der Waals surface area contributed by atoms with E-state index in [1.54, 1.807) is 0 Å². The zero-order valence-electron chi connectivity index (χ0n) is 7.98. The van der Waals surface area contributed by atoms with Gasteiger partial charge in [0.2, 0.25) is 4.87 Å². The Kier molecular flexibility index (Phi) is 2.46. The SMILES string of the molecule is C#CC(C)(N1CCOC1=O)S(C)(=O)=O. The minimum atomic E-state index is -3.54. The van der Waals surface area contributed by atoms with E-state index in [-0.39, 0.29) is 13.2 Å². The minimum Gasteiger partial charge on any atom is -0.447 e. The van der Waals surface area contributed by atoms with Crippen LogP contribution in [0.3, 0.4) is 0 Å². The number of nitrogens with zero attached hydrogens (tertiary/aromatic N) is 1. The van der Waals surface area contributed by atoms with Crippen LogP contribution in [0.15, 0.2) is 0 Å². The highest BCUT2D eigenvalue weighted by Crippen LogP contribution is 2.24. The Balaban J connectivity index is 3.16. The highest BCUT2D eigenvalue weighted by molar-refractivity contribution is 7.92. The molecule has 78 valence electrons. The van der Waals surface area contributed by atoms with Gasteiger partial charge in [0.15, 0.2) is 9.84 Å². The van der Waals surface area contributed by atoms with Gasteiger partial charge in [0.1, 0.15) is 6.61 Å². The van der Waals surface area contributed by atoms with E-state index in [0.717, 1.165) is 11.2 Å². The molecule has 1 saturated heterocycles. The number of sulfone groups is 1. The van der Waals surface area contributed by atoms with Crippen molar-refractivity contribution in [1.29, 1.82) is 0 Å². The molecule has 1 rings (SSSR count). The topological polar surface area (TPSA) is 63.7 Å². The molecule has 0 aliphatic carbocycles. The lowest BCUT2D eigenvalue weighted by molar-refractivity contribution is 0.151. The van der Waals surface area contributed by atoms with Crippen LogP contribution in [-0.4, -0.2) is 43.7 Å². The summed E-state index contributed by atoms with van der Waals surface area (Å²) < 4.78 is 27.5. The highest BCUT2D eigenvalue weighted by atomic mass is 32.2. The summed E-state index contributed by atoms with van der Waals surface area (Å²) >= 11 is 0. The van der Waals surface area contributed by atoms with Gasteiger partial charge in [0.25, 0.3) is 0 Å². The van der Waals surface area contributed by atoms with E-state index in [0.29, 0.717) is 0 Å². The fourth-order valence-corrected chi connectivity index (χ4v) is 1.95. The van der Waals surface area contributed by atoms with Crippen molar-refractivity contribution < 1.29 is 17.9 Å². The van der Waals surface area contributed by atoms with Gasteiger partial charge in [-0.25, -0.2) is 13.2 Å². The fourth-order valence-electron chi connectivity index (χ4n) is 1.17. The van der Waals surface area contributed by atoms with Gasteiger partial charge in [0.05, 0.1) is 6.54 Å². The van der Waals surface area contributed by atoms with Crippen LogP contribution in [0.1, 0.15) is 6.92 Å². The lowest BCUT2D eigenvalue weighted by Gasteiger charge is -2.29. The second kappa shape index (κ2) is 3.17. The van der Waals surface area contributed by atoms with Crippen LogP contribution in [-0.2, 0) is 14.6 Å². The van der Waals surface area contributed by atoms with E-state index >= 15 is 0 Å². The number of ether oxygens (including phenoxy) is 1. The standard InChI is InChI=1S/C8H11NO4S/c1-4-8(2,14(3,11)12)9-5-6-13-7(9)10/h1H,5-6H2,2-3H3. The molecule has 0 aromatic carbocycles. The first-order chi connectivity index (χ1) is 6.33. The van der Waals surface area contributed by atoms with Crippen LogP contribution in [0.2, 0.25) is 0 Å². The summed E-state index contributed by atoms with van der Waals surface area (Å²) in [6, 6.07) is 0. The first kappa shape index (κ1) is 10.9. The summed E-state index contributed by atoms with van der Waals surface area (Å²) in [5.41, 5.74) is 0. The molecule has 1 aliphatic heterocycles. The molecule has 14 heavy (non-hydrogen) atoms. The number of carbonyl (C=O) groups is 1. The van der Waals surface area contributed by atoms with Crippen molar-refractivity contribution in [2.45, 2.75) is 11.8 Å². The third kappa shape index (κ3) is 1.44. The van der Waals surface area contributed by atoms with Crippen LogP contribution >= 0.6 is 0 Å². The molecule has 1 unspecified atom stereocenters. The van der Waals surface area contributed by atoms with Gasteiger partial charge in [-0.1, -0.05) is 5.92 Å². The average Bonchev–Trinajstić information content (AvgIpc) is 2.48. The molecule has 1 amide bonds. The fraction of sp³-hybridized carbons (Fsp3) is 0.625. The van der Waals surface area contributed by atoms with Crippen molar-refractivity contribution in [2.75, 3.05) is 19.4 Å². The van der Waals surface area contributed by atoms with Gasteiger partial charge in [-0.3, -0.25) is 4.90 Å². The minimum absolute atomic E-state index is 0.172. The molecule has 0 spiro atoms. The van der Waals surface area contributed by atoms with Crippen LogP contribution < -0.4 is 0 Å². The van der Waals surface area contributed by atoms with Crippen molar-refractivity contribution in [1.82, 2.24) is 4.90 Å². The third-order valence-electron chi connectivity index (χ3n) is 2.27.